The molecule has 4 aliphatic carbocycles. The SMILES string of the molecule is COC(=O)[C@H]1CC[C@@]2(C)C(=CC(=O)[C@H]3[C@@H]4CC[C@H](C(=O)OC)[C@@]4(C)CC[C@@H]32)C1. The van der Waals surface area contributed by atoms with Crippen LogP contribution in [0, 0.1) is 40.4 Å². The van der Waals surface area contributed by atoms with E-state index in [4.69, 9.17) is 9.47 Å². The molecule has 0 radical (unpaired) electrons. The van der Waals surface area contributed by atoms with Crippen LogP contribution in [0.2, 0.25) is 0 Å². The highest BCUT2D eigenvalue weighted by Crippen LogP contribution is 2.65. The molecule has 4 aliphatic rings. The Bertz CT molecular complexity index is 739. The Morgan fingerprint density at radius 3 is 2.36 bits per heavy atom. The number of carbonyl (C=O) groups is 3. The lowest BCUT2D eigenvalue weighted by molar-refractivity contribution is -0.155. The van der Waals surface area contributed by atoms with Crippen molar-refractivity contribution in [3.05, 3.63) is 11.6 Å². The number of ether oxygens (including phenoxy) is 2. The summed E-state index contributed by atoms with van der Waals surface area (Å²) in [6.45, 7) is 4.50. The number of carbonyl (C=O) groups excluding carboxylic acids is 3. The van der Waals surface area contributed by atoms with Crippen LogP contribution in [0.3, 0.4) is 0 Å². The summed E-state index contributed by atoms with van der Waals surface area (Å²) in [7, 11) is 2.90. The predicted molar refractivity (Wildman–Crippen MR) is 103 cm³/mol. The molecule has 3 fully saturated rings. The topological polar surface area (TPSA) is 69.7 Å². The van der Waals surface area contributed by atoms with E-state index in [1.807, 2.05) is 6.08 Å². The second kappa shape index (κ2) is 6.70. The molecule has 0 heterocycles. The molecule has 0 saturated heterocycles. The number of hydrogen-bond donors (Lipinski definition) is 0. The average Bonchev–Trinajstić information content (AvgIpc) is 3.04. The second-order valence-electron chi connectivity index (χ2n) is 9.89. The van der Waals surface area contributed by atoms with Crippen molar-refractivity contribution >= 4 is 17.7 Å². The van der Waals surface area contributed by atoms with Crippen LogP contribution in [0.4, 0.5) is 0 Å². The molecular formula is C23H32O5. The minimum atomic E-state index is -0.162. The fourth-order valence-corrected chi connectivity index (χ4v) is 7.30. The predicted octanol–water partition coefficient (Wildman–Crippen LogP) is 3.71. The summed E-state index contributed by atoms with van der Waals surface area (Å²) in [5.74, 6) is 0.269. The van der Waals surface area contributed by atoms with Gasteiger partial charge in [0.15, 0.2) is 5.78 Å². The summed E-state index contributed by atoms with van der Waals surface area (Å²) in [5, 5.41) is 0. The van der Waals surface area contributed by atoms with Gasteiger partial charge in [0, 0.05) is 5.92 Å². The van der Waals surface area contributed by atoms with Crippen molar-refractivity contribution in [2.24, 2.45) is 40.4 Å². The highest BCUT2D eigenvalue weighted by atomic mass is 16.5. The van der Waals surface area contributed by atoms with E-state index < -0.39 is 0 Å². The third kappa shape index (κ3) is 2.61. The summed E-state index contributed by atoms with van der Waals surface area (Å²) < 4.78 is 10.0. The molecule has 0 spiro atoms. The number of ketones is 1. The first-order chi connectivity index (χ1) is 13.3. The van der Waals surface area contributed by atoms with Crippen LogP contribution in [0.15, 0.2) is 11.6 Å². The highest BCUT2D eigenvalue weighted by Gasteiger charge is 2.62. The molecule has 28 heavy (non-hydrogen) atoms. The van der Waals surface area contributed by atoms with Crippen molar-refractivity contribution in [3.63, 3.8) is 0 Å². The summed E-state index contributed by atoms with van der Waals surface area (Å²) in [6.07, 6.45) is 7.93. The third-order valence-corrected chi connectivity index (χ3v) is 8.97. The largest absolute Gasteiger partial charge is 0.469 e. The van der Waals surface area contributed by atoms with Crippen LogP contribution in [0.25, 0.3) is 0 Å². The van der Waals surface area contributed by atoms with Gasteiger partial charge in [0.25, 0.3) is 0 Å². The van der Waals surface area contributed by atoms with Crippen LogP contribution < -0.4 is 0 Å². The number of esters is 2. The average molecular weight is 389 g/mol. The molecular weight excluding hydrogens is 356 g/mol. The van der Waals surface area contributed by atoms with Gasteiger partial charge in [-0.05, 0) is 73.7 Å². The first-order valence-electron chi connectivity index (χ1n) is 10.7. The van der Waals surface area contributed by atoms with Crippen LogP contribution in [-0.4, -0.2) is 31.9 Å². The number of methoxy groups -OCH3 is 2. The smallest absolute Gasteiger partial charge is 0.309 e. The Kier molecular flexibility index (Phi) is 4.71. The summed E-state index contributed by atoms with van der Waals surface area (Å²) in [5.41, 5.74) is 0.981. The normalized spacial score (nSPS) is 44.6. The van der Waals surface area contributed by atoms with E-state index >= 15 is 0 Å². The van der Waals surface area contributed by atoms with Crippen LogP contribution in [0.1, 0.15) is 58.8 Å². The quantitative estimate of drug-likeness (QED) is 0.675. The van der Waals surface area contributed by atoms with Crippen LogP contribution in [-0.2, 0) is 23.9 Å². The molecule has 0 bridgehead atoms. The fourth-order valence-electron chi connectivity index (χ4n) is 7.30. The number of hydrogen-bond acceptors (Lipinski definition) is 5. The van der Waals surface area contributed by atoms with Gasteiger partial charge in [0.05, 0.1) is 26.1 Å². The second-order valence-corrected chi connectivity index (χ2v) is 9.89. The lowest BCUT2D eigenvalue weighted by Gasteiger charge is -2.57. The van der Waals surface area contributed by atoms with Gasteiger partial charge in [-0.15, -0.1) is 0 Å². The first kappa shape index (κ1) is 19.7. The van der Waals surface area contributed by atoms with Gasteiger partial charge in [-0.25, -0.2) is 0 Å². The Hall–Kier alpha value is -1.65. The first-order valence-corrected chi connectivity index (χ1v) is 10.7. The number of fused-ring (bicyclic) bond motifs is 5. The summed E-state index contributed by atoms with van der Waals surface area (Å²) in [4.78, 5) is 37.7. The minimum absolute atomic E-state index is 0.00293. The van der Waals surface area contributed by atoms with Gasteiger partial charge in [0.1, 0.15) is 0 Å². The maximum Gasteiger partial charge on any atom is 0.309 e. The molecule has 7 atom stereocenters. The van der Waals surface area contributed by atoms with Crippen molar-refractivity contribution in [1.82, 2.24) is 0 Å². The van der Waals surface area contributed by atoms with Gasteiger partial charge in [-0.1, -0.05) is 19.4 Å². The Morgan fingerprint density at radius 2 is 1.68 bits per heavy atom. The van der Waals surface area contributed by atoms with E-state index in [0.29, 0.717) is 12.3 Å². The zero-order chi connectivity index (χ0) is 20.3. The molecule has 0 aromatic carbocycles. The molecule has 0 amide bonds. The standard InChI is InChI=1S/C23H32O5/c1-22-9-7-13(20(25)27-3)11-14(22)12-18(24)19-15-5-6-17(21(26)28-4)23(15,2)10-8-16(19)22/h12-13,15-17,19H,5-11H2,1-4H3/t13-,15-,16-,17+,19-,22-,23-/m0/s1. The molecule has 0 unspecified atom stereocenters. The molecule has 5 nitrogen and oxygen atoms in total. The monoisotopic (exact) mass is 388 g/mol. The maximum atomic E-state index is 13.3. The molecule has 5 heteroatoms. The van der Waals surface area contributed by atoms with Gasteiger partial charge < -0.3 is 9.47 Å². The minimum Gasteiger partial charge on any atom is -0.469 e. The molecule has 0 aromatic heterocycles. The van der Waals surface area contributed by atoms with Crippen molar-refractivity contribution in [2.75, 3.05) is 14.2 Å². The molecule has 4 rings (SSSR count). The maximum absolute atomic E-state index is 13.3. The summed E-state index contributed by atoms with van der Waals surface area (Å²) in [6, 6.07) is 0. The van der Waals surface area contributed by atoms with E-state index in [-0.39, 0.29) is 52.2 Å². The van der Waals surface area contributed by atoms with Crippen molar-refractivity contribution < 1.29 is 23.9 Å². The van der Waals surface area contributed by atoms with E-state index in [2.05, 4.69) is 13.8 Å². The van der Waals surface area contributed by atoms with Gasteiger partial charge in [-0.2, -0.15) is 0 Å². The fraction of sp³-hybridized carbons (Fsp3) is 0.783. The van der Waals surface area contributed by atoms with Crippen molar-refractivity contribution in [3.8, 4) is 0 Å². The molecule has 0 aliphatic heterocycles. The zero-order valence-electron chi connectivity index (χ0n) is 17.5. The van der Waals surface area contributed by atoms with Gasteiger partial charge in [0.2, 0.25) is 0 Å². The lowest BCUT2D eigenvalue weighted by atomic mass is 9.46. The number of rotatable bonds is 2. The Labute approximate surface area is 167 Å². The lowest BCUT2D eigenvalue weighted by Crippen LogP contribution is -2.53. The van der Waals surface area contributed by atoms with E-state index in [9.17, 15) is 14.4 Å². The highest BCUT2D eigenvalue weighted by molar-refractivity contribution is 5.95. The molecule has 154 valence electrons. The van der Waals surface area contributed by atoms with Crippen molar-refractivity contribution in [1.29, 1.82) is 0 Å². The zero-order valence-corrected chi connectivity index (χ0v) is 17.5. The third-order valence-electron chi connectivity index (χ3n) is 8.97. The molecule has 3 saturated carbocycles. The van der Waals surface area contributed by atoms with E-state index in [1.165, 1.54) is 14.2 Å². The molecule has 0 aromatic rings. The Balaban J connectivity index is 1.66. The van der Waals surface area contributed by atoms with Crippen LogP contribution >= 0.6 is 0 Å². The van der Waals surface area contributed by atoms with Crippen LogP contribution in [0.5, 0.6) is 0 Å². The van der Waals surface area contributed by atoms with Gasteiger partial charge in [-0.3, -0.25) is 14.4 Å². The number of allylic oxidation sites excluding steroid dienone is 2. The van der Waals surface area contributed by atoms with E-state index in [0.717, 1.165) is 44.1 Å². The molecule has 0 N–H and O–H groups in total. The van der Waals surface area contributed by atoms with Crippen molar-refractivity contribution in [2.45, 2.75) is 58.8 Å². The van der Waals surface area contributed by atoms with E-state index in [1.54, 1.807) is 0 Å². The Morgan fingerprint density at radius 1 is 0.964 bits per heavy atom. The summed E-state index contributed by atoms with van der Waals surface area (Å²) >= 11 is 0. The van der Waals surface area contributed by atoms with Gasteiger partial charge >= 0.3 is 11.9 Å².